The maximum absolute atomic E-state index is 12.6. The zero-order valence-corrected chi connectivity index (χ0v) is 11.6. The summed E-state index contributed by atoms with van der Waals surface area (Å²) in [7, 11) is 0. The number of nitrogens with two attached hydrogens (primary N) is 1. The van der Waals surface area contributed by atoms with E-state index >= 15 is 0 Å². The Bertz CT molecular complexity index is 655. The molecule has 0 fully saturated rings. The molecule has 2 aromatic rings. The molecule has 0 atom stereocenters. The van der Waals surface area contributed by atoms with E-state index in [1.807, 2.05) is 18.2 Å². The number of anilines is 2. The zero-order chi connectivity index (χ0) is 14.1. The van der Waals surface area contributed by atoms with Crippen LogP contribution in [0, 0.1) is 0 Å². The maximum atomic E-state index is 12.6. The number of nitrogen functional groups attached to an aromatic ring is 1. The Morgan fingerprint density at radius 1 is 1.20 bits per heavy atom. The number of carbonyl (C=O) groups is 1. The molecule has 0 saturated heterocycles. The highest BCUT2D eigenvalue weighted by Crippen LogP contribution is 2.36. The molecule has 0 radical (unpaired) electrons. The molecule has 3 N–H and O–H groups in total. The lowest BCUT2D eigenvalue weighted by molar-refractivity contribution is 0.0987. The fourth-order valence-electron chi connectivity index (χ4n) is 2.21. The Hall–Kier alpha value is -2.14. The molecule has 1 amide bonds. The van der Waals surface area contributed by atoms with Crippen LogP contribution >= 0.6 is 11.8 Å². The first-order valence-electron chi connectivity index (χ1n) is 6.28. The molecular weight excluding hydrogens is 272 g/mol. The van der Waals surface area contributed by atoms with Gasteiger partial charge in [0.1, 0.15) is 5.75 Å². The molecule has 1 aliphatic rings. The van der Waals surface area contributed by atoms with E-state index in [1.54, 1.807) is 28.8 Å². The molecule has 0 spiro atoms. The van der Waals surface area contributed by atoms with Gasteiger partial charge >= 0.3 is 0 Å². The summed E-state index contributed by atoms with van der Waals surface area (Å²) in [6, 6.07) is 11.9. The van der Waals surface area contributed by atoms with Gasteiger partial charge in [0.2, 0.25) is 0 Å². The normalized spacial score (nSPS) is 13.9. The lowest BCUT2D eigenvalue weighted by Crippen LogP contribution is -2.35. The standard InChI is InChI=1S/C15H14N2O2S/c16-11-3-6-14-13(9-11)17(7-8-20-14)15(19)10-1-4-12(18)5-2-10/h1-6,9,18H,7-8,16H2. The van der Waals surface area contributed by atoms with Crippen LogP contribution < -0.4 is 10.6 Å². The van der Waals surface area contributed by atoms with Gasteiger partial charge in [0.25, 0.3) is 5.91 Å². The smallest absolute Gasteiger partial charge is 0.258 e. The number of carbonyl (C=O) groups excluding carboxylic acids is 1. The fraction of sp³-hybridized carbons (Fsp3) is 0.133. The molecule has 5 heteroatoms. The summed E-state index contributed by atoms with van der Waals surface area (Å²) in [6.07, 6.45) is 0. The third kappa shape index (κ3) is 2.32. The number of hydrogen-bond donors (Lipinski definition) is 2. The highest BCUT2D eigenvalue weighted by molar-refractivity contribution is 7.99. The number of nitrogens with zero attached hydrogens (tertiary/aromatic N) is 1. The molecule has 0 saturated carbocycles. The van der Waals surface area contributed by atoms with E-state index in [0.717, 1.165) is 16.3 Å². The molecule has 3 rings (SSSR count). The van der Waals surface area contributed by atoms with Crippen molar-refractivity contribution in [2.45, 2.75) is 4.90 Å². The molecular formula is C15H14N2O2S. The highest BCUT2D eigenvalue weighted by Gasteiger charge is 2.24. The van der Waals surface area contributed by atoms with Gasteiger partial charge in [-0.15, -0.1) is 11.8 Å². The van der Waals surface area contributed by atoms with Crippen molar-refractivity contribution in [2.75, 3.05) is 22.9 Å². The van der Waals surface area contributed by atoms with Crippen LogP contribution in [0.2, 0.25) is 0 Å². The third-order valence-electron chi connectivity index (χ3n) is 3.21. The Balaban J connectivity index is 1.97. The Kier molecular flexibility index (Phi) is 3.28. The van der Waals surface area contributed by atoms with Gasteiger partial charge in [-0.25, -0.2) is 0 Å². The molecule has 2 aromatic carbocycles. The molecule has 1 aliphatic heterocycles. The van der Waals surface area contributed by atoms with Crippen molar-refractivity contribution in [3.63, 3.8) is 0 Å². The first-order valence-corrected chi connectivity index (χ1v) is 7.27. The van der Waals surface area contributed by atoms with Crippen molar-refractivity contribution in [3.8, 4) is 5.75 Å². The summed E-state index contributed by atoms with van der Waals surface area (Å²) in [5.74, 6) is 0.943. The first-order chi connectivity index (χ1) is 9.65. The van der Waals surface area contributed by atoms with E-state index in [2.05, 4.69) is 0 Å². The van der Waals surface area contributed by atoms with Crippen LogP contribution in [0.3, 0.4) is 0 Å². The summed E-state index contributed by atoms with van der Waals surface area (Å²) >= 11 is 1.73. The van der Waals surface area contributed by atoms with Gasteiger partial charge in [0.15, 0.2) is 0 Å². The van der Waals surface area contributed by atoms with Gasteiger partial charge in [0, 0.05) is 28.4 Å². The van der Waals surface area contributed by atoms with Gasteiger partial charge in [-0.1, -0.05) is 0 Å². The van der Waals surface area contributed by atoms with E-state index in [9.17, 15) is 9.90 Å². The molecule has 102 valence electrons. The Labute approximate surface area is 121 Å². The van der Waals surface area contributed by atoms with Crippen LogP contribution in [0.1, 0.15) is 10.4 Å². The predicted octanol–water partition coefficient (Wildman–Crippen LogP) is 2.73. The number of hydrogen-bond acceptors (Lipinski definition) is 4. The van der Waals surface area contributed by atoms with Gasteiger partial charge < -0.3 is 15.7 Å². The number of amides is 1. The van der Waals surface area contributed by atoms with Crippen molar-refractivity contribution in [3.05, 3.63) is 48.0 Å². The summed E-state index contributed by atoms with van der Waals surface area (Å²) in [6.45, 7) is 0.654. The van der Waals surface area contributed by atoms with Gasteiger partial charge in [-0.3, -0.25) is 4.79 Å². The molecule has 0 aromatic heterocycles. The molecule has 1 heterocycles. The van der Waals surface area contributed by atoms with Crippen molar-refractivity contribution in [1.82, 2.24) is 0 Å². The van der Waals surface area contributed by atoms with Crippen LogP contribution in [0.4, 0.5) is 11.4 Å². The summed E-state index contributed by atoms with van der Waals surface area (Å²) in [4.78, 5) is 15.4. The minimum absolute atomic E-state index is 0.0721. The average molecular weight is 286 g/mol. The summed E-state index contributed by atoms with van der Waals surface area (Å²) in [5, 5.41) is 9.30. The predicted molar refractivity (Wildman–Crippen MR) is 81.4 cm³/mol. The van der Waals surface area contributed by atoms with Gasteiger partial charge in [0.05, 0.1) is 5.69 Å². The molecule has 4 nitrogen and oxygen atoms in total. The third-order valence-corrected chi connectivity index (χ3v) is 4.25. The second-order valence-corrected chi connectivity index (χ2v) is 5.72. The SMILES string of the molecule is Nc1ccc2c(c1)N(C(=O)c1ccc(O)cc1)CCS2. The number of phenolic OH excluding ortho intramolecular Hbond substituents is 1. The topological polar surface area (TPSA) is 66.6 Å². The zero-order valence-electron chi connectivity index (χ0n) is 10.7. The number of fused-ring (bicyclic) bond motifs is 1. The average Bonchev–Trinajstić information content (AvgIpc) is 2.46. The summed E-state index contributed by atoms with van der Waals surface area (Å²) in [5.41, 5.74) is 7.89. The first kappa shape index (κ1) is 12.9. The van der Waals surface area contributed by atoms with Crippen LogP contribution in [0.25, 0.3) is 0 Å². The lowest BCUT2D eigenvalue weighted by Gasteiger charge is -2.29. The van der Waals surface area contributed by atoms with Crippen molar-refractivity contribution < 1.29 is 9.90 Å². The van der Waals surface area contributed by atoms with E-state index in [0.29, 0.717) is 17.8 Å². The molecule has 0 unspecified atom stereocenters. The minimum Gasteiger partial charge on any atom is -0.508 e. The molecule has 20 heavy (non-hydrogen) atoms. The van der Waals surface area contributed by atoms with Crippen LogP contribution in [0.5, 0.6) is 5.75 Å². The van der Waals surface area contributed by atoms with Crippen molar-refractivity contribution in [1.29, 1.82) is 0 Å². The van der Waals surface area contributed by atoms with E-state index in [1.165, 1.54) is 12.1 Å². The number of rotatable bonds is 1. The quantitative estimate of drug-likeness (QED) is 0.791. The maximum Gasteiger partial charge on any atom is 0.258 e. The number of benzene rings is 2. The van der Waals surface area contributed by atoms with Crippen LogP contribution in [-0.4, -0.2) is 23.3 Å². The highest BCUT2D eigenvalue weighted by atomic mass is 32.2. The number of aromatic hydroxyl groups is 1. The minimum atomic E-state index is -0.0721. The van der Waals surface area contributed by atoms with Crippen molar-refractivity contribution in [2.24, 2.45) is 0 Å². The van der Waals surface area contributed by atoms with Crippen LogP contribution in [-0.2, 0) is 0 Å². The number of phenols is 1. The van der Waals surface area contributed by atoms with Crippen LogP contribution in [0.15, 0.2) is 47.4 Å². The van der Waals surface area contributed by atoms with E-state index in [-0.39, 0.29) is 11.7 Å². The van der Waals surface area contributed by atoms with Gasteiger partial charge in [-0.2, -0.15) is 0 Å². The summed E-state index contributed by atoms with van der Waals surface area (Å²) < 4.78 is 0. The fourth-order valence-corrected chi connectivity index (χ4v) is 3.18. The monoisotopic (exact) mass is 286 g/mol. The van der Waals surface area contributed by atoms with E-state index < -0.39 is 0 Å². The van der Waals surface area contributed by atoms with Gasteiger partial charge in [-0.05, 0) is 42.5 Å². The Morgan fingerprint density at radius 3 is 2.70 bits per heavy atom. The second kappa shape index (κ2) is 5.09. The Morgan fingerprint density at radius 2 is 1.95 bits per heavy atom. The molecule has 0 bridgehead atoms. The molecule has 0 aliphatic carbocycles. The number of thioether (sulfide) groups is 1. The lowest BCUT2D eigenvalue weighted by atomic mass is 10.1. The van der Waals surface area contributed by atoms with E-state index in [4.69, 9.17) is 5.73 Å². The second-order valence-electron chi connectivity index (χ2n) is 4.58. The van der Waals surface area contributed by atoms with Crippen molar-refractivity contribution >= 4 is 29.0 Å². The largest absolute Gasteiger partial charge is 0.508 e.